The van der Waals surface area contributed by atoms with Crippen LogP contribution in [0.2, 0.25) is 0 Å². The zero-order chi connectivity index (χ0) is 22.0. The molecule has 0 unspecified atom stereocenters. The first-order valence-electron chi connectivity index (χ1n) is 9.58. The number of hydrogen-bond acceptors (Lipinski definition) is 4. The average Bonchev–Trinajstić information content (AvgIpc) is 2.70. The molecule has 0 fully saturated rings. The van der Waals surface area contributed by atoms with Gasteiger partial charge in [-0.2, -0.15) is 0 Å². The third kappa shape index (κ3) is 9.05. The van der Waals surface area contributed by atoms with Crippen LogP contribution in [-0.4, -0.2) is 30.1 Å². The number of carbonyl (C=O) groups is 3. The molecule has 0 bridgehead atoms. The van der Waals surface area contributed by atoms with Crippen LogP contribution < -0.4 is 16.0 Å². The Morgan fingerprint density at radius 3 is 2.23 bits per heavy atom. The summed E-state index contributed by atoms with van der Waals surface area (Å²) >= 11 is 0. The lowest BCUT2D eigenvalue weighted by molar-refractivity contribution is -0.117. The SMILES string of the molecule is CC(C)(C)OC(=O)NCC(=O)Nc1ccc(CNC(=O)/C=C/c2ccccc2)cc1. The molecule has 3 N–H and O–H groups in total. The fraction of sp³-hybridized carbons (Fsp3) is 0.261. The molecule has 0 radical (unpaired) electrons. The molecule has 0 aliphatic rings. The minimum atomic E-state index is -0.648. The monoisotopic (exact) mass is 409 g/mol. The van der Waals surface area contributed by atoms with Crippen LogP contribution in [0, 0.1) is 0 Å². The van der Waals surface area contributed by atoms with Gasteiger partial charge in [-0.15, -0.1) is 0 Å². The number of ether oxygens (including phenoxy) is 1. The Balaban J connectivity index is 1.74. The Bertz CT molecular complexity index is 885. The van der Waals surface area contributed by atoms with Crippen molar-refractivity contribution in [3.8, 4) is 0 Å². The van der Waals surface area contributed by atoms with Crippen LogP contribution in [0.5, 0.6) is 0 Å². The lowest BCUT2D eigenvalue weighted by Gasteiger charge is -2.19. The summed E-state index contributed by atoms with van der Waals surface area (Å²) in [6, 6.07) is 16.6. The van der Waals surface area contributed by atoms with Crippen LogP contribution in [0.4, 0.5) is 10.5 Å². The molecular weight excluding hydrogens is 382 g/mol. The molecule has 0 aliphatic carbocycles. The van der Waals surface area contributed by atoms with Crippen LogP contribution >= 0.6 is 0 Å². The van der Waals surface area contributed by atoms with E-state index in [1.807, 2.05) is 30.3 Å². The van der Waals surface area contributed by atoms with E-state index in [9.17, 15) is 14.4 Å². The van der Waals surface area contributed by atoms with E-state index in [-0.39, 0.29) is 18.4 Å². The highest BCUT2D eigenvalue weighted by Crippen LogP contribution is 2.10. The maximum absolute atomic E-state index is 11.9. The molecule has 2 rings (SSSR count). The molecule has 0 saturated heterocycles. The van der Waals surface area contributed by atoms with Crippen molar-refractivity contribution in [2.75, 3.05) is 11.9 Å². The number of alkyl carbamates (subject to hydrolysis) is 1. The van der Waals surface area contributed by atoms with Crippen molar-refractivity contribution in [2.45, 2.75) is 32.9 Å². The molecule has 0 aliphatic heterocycles. The standard InChI is InChI=1S/C23H27N3O4/c1-23(2,3)30-22(29)25-16-21(28)26-19-12-9-18(10-13-19)15-24-20(27)14-11-17-7-5-4-6-8-17/h4-14H,15-16H2,1-3H3,(H,24,27)(H,25,29)(H,26,28)/b14-11+. The van der Waals surface area contributed by atoms with Crippen LogP contribution in [0.25, 0.3) is 6.08 Å². The zero-order valence-corrected chi connectivity index (χ0v) is 17.4. The summed E-state index contributed by atoms with van der Waals surface area (Å²) in [7, 11) is 0. The van der Waals surface area contributed by atoms with Gasteiger partial charge in [0.05, 0.1) is 0 Å². The van der Waals surface area contributed by atoms with Gasteiger partial charge in [-0.25, -0.2) is 4.79 Å². The van der Waals surface area contributed by atoms with Crippen molar-refractivity contribution in [3.05, 3.63) is 71.8 Å². The summed E-state index contributed by atoms with van der Waals surface area (Å²) in [5, 5.41) is 7.89. The van der Waals surface area contributed by atoms with Crippen molar-refractivity contribution in [1.29, 1.82) is 0 Å². The first kappa shape index (κ1) is 22.7. The number of rotatable bonds is 7. The Morgan fingerprint density at radius 1 is 0.933 bits per heavy atom. The molecule has 30 heavy (non-hydrogen) atoms. The van der Waals surface area contributed by atoms with Gasteiger partial charge >= 0.3 is 6.09 Å². The van der Waals surface area contributed by atoms with E-state index in [4.69, 9.17) is 4.74 Å². The molecule has 0 heterocycles. The van der Waals surface area contributed by atoms with Gasteiger partial charge in [0.25, 0.3) is 0 Å². The summed E-state index contributed by atoms with van der Waals surface area (Å²) in [5.41, 5.74) is 1.81. The Morgan fingerprint density at radius 2 is 1.60 bits per heavy atom. The van der Waals surface area contributed by atoms with E-state index in [0.717, 1.165) is 11.1 Å². The van der Waals surface area contributed by atoms with Crippen LogP contribution in [0.15, 0.2) is 60.7 Å². The number of carbonyl (C=O) groups excluding carboxylic acids is 3. The first-order chi connectivity index (χ1) is 14.2. The number of anilines is 1. The third-order valence-electron chi connectivity index (χ3n) is 3.72. The second kappa shape index (κ2) is 10.8. The first-order valence-corrected chi connectivity index (χ1v) is 9.58. The second-order valence-electron chi connectivity index (χ2n) is 7.56. The number of benzene rings is 2. The summed E-state index contributed by atoms with van der Waals surface area (Å²) < 4.78 is 5.07. The Kier molecular flexibility index (Phi) is 8.17. The summed E-state index contributed by atoms with van der Waals surface area (Å²) in [6.45, 7) is 5.41. The molecule has 2 aromatic carbocycles. The highest BCUT2D eigenvalue weighted by Gasteiger charge is 2.16. The normalized spacial score (nSPS) is 11.0. The molecule has 7 nitrogen and oxygen atoms in total. The van der Waals surface area contributed by atoms with E-state index in [1.165, 1.54) is 6.08 Å². The molecule has 7 heteroatoms. The van der Waals surface area contributed by atoms with Gasteiger partial charge < -0.3 is 20.7 Å². The van der Waals surface area contributed by atoms with E-state index >= 15 is 0 Å². The van der Waals surface area contributed by atoms with Gasteiger partial charge in [0.1, 0.15) is 12.1 Å². The van der Waals surface area contributed by atoms with E-state index in [2.05, 4.69) is 16.0 Å². The van der Waals surface area contributed by atoms with Gasteiger partial charge in [0, 0.05) is 18.3 Å². The largest absolute Gasteiger partial charge is 0.444 e. The van der Waals surface area contributed by atoms with Gasteiger partial charge in [0.2, 0.25) is 11.8 Å². The smallest absolute Gasteiger partial charge is 0.408 e. The third-order valence-corrected chi connectivity index (χ3v) is 3.72. The molecule has 158 valence electrons. The van der Waals surface area contributed by atoms with Gasteiger partial charge in [-0.05, 0) is 50.1 Å². The van der Waals surface area contributed by atoms with Gasteiger partial charge in [-0.3, -0.25) is 9.59 Å². The molecule has 0 saturated carbocycles. The predicted molar refractivity (Wildman–Crippen MR) is 117 cm³/mol. The second-order valence-corrected chi connectivity index (χ2v) is 7.56. The van der Waals surface area contributed by atoms with Crippen molar-refractivity contribution in [3.63, 3.8) is 0 Å². The highest BCUT2D eigenvalue weighted by atomic mass is 16.6. The van der Waals surface area contributed by atoms with E-state index in [0.29, 0.717) is 12.2 Å². The number of amides is 3. The number of nitrogens with one attached hydrogen (secondary N) is 3. The summed E-state index contributed by atoms with van der Waals surface area (Å²) in [5.74, 6) is -0.558. The van der Waals surface area contributed by atoms with Crippen molar-refractivity contribution >= 4 is 29.7 Å². The van der Waals surface area contributed by atoms with Crippen molar-refractivity contribution in [1.82, 2.24) is 10.6 Å². The zero-order valence-electron chi connectivity index (χ0n) is 17.4. The topological polar surface area (TPSA) is 96.5 Å². The van der Waals surface area contributed by atoms with Crippen LogP contribution in [0.1, 0.15) is 31.9 Å². The lowest BCUT2D eigenvalue weighted by atomic mass is 10.2. The van der Waals surface area contributed by atoms with Gasteiger partial charge in [-0.1, -0.05) is 42.5 Å². The van der Waals surface area contributed by atoms with Crippen molar-refractivity contribution in [2.24, 2.45) is 0 Å². The fourth-order valence-electron chi connectivity index (χ4n) is 2.36. The minimum Gasteiger partial charge on any atom is -0.444 e. The maximum Gasteiger partial charge on any atom is 0.408 e. The predicted octanol–water partition coefficient (Wildman–Crippen LogP) is 3.48. The Hall–Kier alpha value is -3.61. The molecule has 2 aromatic rings. The summed E-state index contributed by atoms with van der Waals surface area (Å²) in [6.07, 6.45) is 2.59. The van der Waals surface area contributed by atoms with E-state index < -0.39 is 11.7 Å². The Labute approximate surface area is 176 Å². The fourth-order valence-corrected chi connectivity index (χ4v) is 2.36. The quantitative estimate of drug-likeness (QED) is 0.610. The van der Waals surface area contributed by atoms with Gasteiger partial charge in [0.15, 0.2) is 0 Å². The van der Waals surface area contributed by atoms with E-state index in [1.54, 1.807) is 51.1 Å². The average molecular weight is 409 g/mol. The van der Waals surface area contributed by atoms with Crippen molar-refractivity contribution < 1.29 is 19.1 Å². The highest BCUT2D eigenvalue weighted by molar-refractivity contribution is 5.94. The lowest BCUT2D eigenvalue weighted by Crippen LogP contribution is -2.37. The molecule has 0 atom stereocenters. The van der Waals surface area contributed by atoms with Crippen LogP contribution in [0.3, 0.4) is 0 Å². The molecule has 0 aromatic heterocycles. The number of hydrogen-bond donors (Lipinski definition) is 3. The summed E-state index contributed by atoms with van der Waals surface area (Å²) in [4.78, 5) is 35.4. The van der Waals surface area contributed by atoms with Crippen LogP contribution in [-0.2, 0) is 20.9 Å². The molecule has 0 spiro atoms. The minimum absolute atomic E-state index is 0.190. The molecular formula is C23H27N3O4. The maximum atomic E-state index is 11.9. The molecule has 3 amide bonds.